The maximum atomic E-state index is 11.5. The maximum absolute atomic E-state index is 11.5. The Kier molecular flexibility index (Phi) is 3.41. The smallest absolute Gasteiger partial charge is 0.307 e. The molecule has 0 aliphatic heterocycles. The maximum Gasteiger partial charge on any atom is 0.307 e. The van der Waals surface area contributed by atoms with Crippen LogP contribution in [0.15, 0.2) is 0 Å². The average molecular weight is 228 g/mol. The van der Waals surface area contributed by atoms with Crippen molar-refractivity contribution in [2.75, 3.05) is 0 Å². The molecule has 0 amide bonds. The molecule has 3 atom stereocenters. The lowest BCUT2D eigenvalue weighted by atomic mass is 9.85. The topological polar surface area (TPSA) is 109 Å². The first-order valence-corrected chi connectivity index (χ1v) is 4.82. The molecule has 0 aromatic carbocycles. The van der Waals surface area contributed by atoms with Crippen molar-refractivity contribution in [3.05, 3.63) is 0 Å². The van der Waals surface area contributed by atoms with Gasteiger partial charge in [0.25, 0.3) is 0 Å². The second kappa shape index (κ2) is 4.42. The van der Waals surface area contributed by atoms with E-state index in [1.807, 2.05) is 0 Å². The molecule has 0 aromatic rings. The molecule has 0 saturated heterocycles. The molecular formula is C10H12O6. The summed E-state index contributed by atoms with van der Waals surface area (Å²) in [7, 11) is 0. The zero-order valence-electron chi connectivity index (χ0n) is 8.67. The predicted molar refractivity (Wildman–Crippen MR) is 50.7 cm³/mol. The number of carboxylic acids is 2. The van der Waals surface area contributed by atoms with Gasteiger partial charge in [-0.05, 0) is 6.92 Å². The highest BCUT2D eigenvalue weighted by atomic mass is 16.4. The van der Waals surface area contributed by atoms with Crippen molar-refractivity contribution in [2.24, 2.45) is 17.8 Å². The van der Waals surface area contributed by atoms with Gasteiger partial charge in [0.05, 0.1) is 12.3 Å². The molecule has 6 nitrogen and oxygen atoms in total. The van der Waals surface area contributed by atoms with Gasteiger partial charge in [-0.2, -0.15) is 0 Å². The molecule has 1 aliphatic carbocycles. The predicted octanol–water partition coefficient (Wildman–Crippen LogP) is -0.0439. The van der Waals surface area contributed by atoms with E-state index < -0.39 is 41.9 Å². The fraction of sp³-hybridized carbons (Fsp3) is 0.600. The van der Waals surface area contributed by atoms with Gasteiger partial charge in [0.15, 0.2) is 0 Å². The molecule has 1 fully saturated rings. The molecule has 0 heterocycles. The molecule has 6 heteroatoms. The quantitative estimate of drug-likeness (QED) is 0.698. The van der Waals surface area contributed by atoms with Crippen LogP contribution in [0.25, 0.3) is 0 Å². The summed E-state index contributed by atoms with van der Waals surface area (Å²) in [5.41, 5.74) is 0. The molecule has 0 aromatic heterocycles. The summed E-state index contributed by atoms with van der Waals surface area (Å²) in [5.74, 6) is -6.49. The minimum atomic E-state index is -1.28. The van der Waals surface area contributed by atoms with Crippen LogP contribution in [0, 0.1) is 17.8 Å². The van der Waals surface area contributed by atoms with E-state index in [4.69, 9.17) is 10.2 Å². The largest absolute Gasteiger partial charge is 0.481 e. The van der Waals surface area contributed by atoms with Crippen LogP contribution in [0.4, 0.5) is 0 Å². The number of ketones is 2. The highest BCUT2D eigenvalue weighted by Gasteiger charge is 2.49. The average Bonchev–Trinajstić information content (AvgIpc) is 2.43. The van der Waals surface area contributed by atoms with Crippen molar-refractivity contribution >= 4 is 23.5 Å². The molecule has 16 heavy (non-hydrogen) atoms. The molecule has 1 rings (SSSR count). The minimum absolute atomic E-state index is 0.162. The van der Waals surface area contributed by atoms with E-state index in [2.05, 4.69) is 0 Å². The summed E-state index contributed by atoms with van der Waals surface area (Å²) in [4.78, 5) is 44.1. The molecule has 1 aliphatic rings. The Morgan fingerprint density at radius 1 is 1.31 bits per heavy atom. The van der Waals surface area contributed by atoms with E-state index >= 15 is 0 Å². The van der Waals surface area contributed by atoms with Gasteiger partial charge >= 0.3 is 11.9 Å². The number of rotatable bonds is 4. The summed E-state index contributed by atoms with van der Waals surface area (Å²) >= 11 is 0. The van der Waals surface area contributed by atoms with Crippen molar-refractivity contribution in [1.29, 1.82) is 0 Å². The summed E-state index contributed by atoms with van der Waals surface area (Å²) in [6.07, 6.45) is -0.691. The van der Waals surface area contributed by atoms with Gasteiger partial charge in [0.1, 0.15) is 11.6 Å². The van der Waals surface area contributed by atoms with Gasteiger partial charge in [-0.25, -0.2) is 0 Å². The fourth-order valence-electron chi connectivity index (χ4n) is 2.15. The lowest BCUT2D eigenvalue weighted by Crippen LogP contribution is -2.30. The Bertz CT molecular complexity index is 358. The molecule has 1 saturated carbocycles. The first-order valence-electron chi connectivity index (χ1n) is 4.82. The van der Waals surface area contributed by atoms with E-state index in [-0.39, 0.29) is 12.2 Å². The van der Waals surface area contributed by atoms with Gasteiger partial charge in [-0.15, -0.1) is 0 Å². The lowest BCUT2D eigenvalue weighted by Gasteiger charge is -2.16. The van der Waals surface area contributed by atoms with E-state index in [1.54, 1.807) is 0 Å². The monoisotopic (exact) mass is 228 g/mol. The number of carbonyl (C=O) groups is 4. The Balaban J connectivity index is 2.98. The van der Waals surface area contributed by atoms with Crippen LogP contribution in [-0.4, -0.2) is 33.7 Å². The van der Waals surface area contributed by atoms with Gasteiger partial charge in [0.2, 0.25) is 0 Å². The normalized spacial score (nSPS) is 29.1. The van der Waals surface area contributed by atoms with E-state index in [1.165, 1.54) is 6.92 Å². The van der Waals surface area contributed by atoms with Crippen LogP contribution >= 0.6 is 0 Å². The molecule has 2 N–H and O–H groups in total. The van der Waals surface area contributed by atoms with Crippen molar-refractivity contribution in [2.45, 2.75) is 19.8 Å². The number of aliphatic carboxylic acids is 2. The SMILES string of the molecule is CC(=O)C1CC(=O)C(CC(=O)O)C1C(=O)O. The molecule has 0 bridgehead atoms. The van der Waals surface area contributed by atoms with E-state index in [0.717, 1.165) is 0 Å². The van der Waals surface area contributed by atoms with Crippen LogP contribution in [-0.2, 0) is 19.2 Å². The molecule has 0 spiro atoms. The van der Waals surface area contributed by atoms with Gasteiger partial charge < -0.3 is 10.2 Å². The van der Waals surface area contributed by atoms with Crippen molar-refractivity contribution in [3.63, 3.8) is 0 Å². The van der Waals surface area contributed by atoms with Crippen LogP contribution in [0.2, 0.25) is 0 Å². The first-order chi connectivity index (χ1) is 7.34. The Hall–Kier alpha value is -1.72. The Morgan fingerprint density at radius 2 is 1.88 bits per heavy atom. The number of Topliss-reactive ketones (excluding diaryl/α,β-unsaturated/α-hetero) is 2. The van der Waals surface area contributed by atoms with Crippen LogP contribution in [0.5, 0.6) is 0 Å². The Morgan fingerprint density at radius 3 is 2.25 bits per heavy atom. The number of carboxylic acid groups (broad SMARTS) is 2. The summed E-state index contributed by atoms with van der Waals surface area (Å²) < 4.78 is 0. The standard InChI is InChI=1S/C10H12O6/c1-4(11)5-2-7(12)6(3-8(13)14)9(5)10(15)16/h5-6,9H,2-3H2,1H3,(H,13,14)(H,15,16). The second-order valence-electron chi connectivity index (χ2n) is 3.96. The third-order valence-corrected chi connectivity index (χ3v) is 2.90. The minimum Gasteiger partial charge on any atom is -0.481 e. The molecule has 0 radical (unpaired) electrons. The molecule has 3 unspecified atom stereocenters. The van der Waals surface area contributed by atoms with E-state index in [0.29, 0.717) is 0 Å². The summed E-state index contributed by atoms with van der Waals surface area (Å²) in [6, 6.07) is 0. The van der Waals surface area contributed by atoms with Crippen molar-refractivity contribution < 1.29 is 29.4 Å². The third-order valence-electron chi connectivity index (χ3n) is 2.90. The van der Waals surface area contributed by atoms with Crippen molar-refractivity contribution in [1.82, 2.24) is 0 Å². The summed E-state index contributed by atoms with van der Waals surface area (Å²) in [5, 5.41) is 17.5. The lowest BCUT2D eigenvalue weighted by molar-refractivity contribution is -0.149. The number of hydrogen-bond acceptors (Lipinski definition) is 4. The number of carbonyl (C=O) groups excluding carboxylic acids is 2. The van der Waals surface area contributed by atoms with Crippen LogP contribution in [0.3, 0.4) is 0 Å². The van der Waals surface area contributed by atoms with Crippen molar-refractivity contribution in [3.8, 4) is 0 Å². The zero-order valence-corrected chi connectivity index (χ0v) is 8.67. The molecule has 88 valence electrons. The van der Waals surface area contributed by atoms with Crippen LogP contribution < -0.4 is 0 Å². The highest BCUT2D eigenvalue weighted by Crippen LogP contribution is 2.37. The highest BCUT2D eigenvalue weighted by molar-refractivity contribution is 5.99. The zero-order chi connectivity index (χ0) is 12.5. The third kappa shape index (κ3) is 2.26. The number of hydrogen-bond donors (Lipinski definition) is 2. The van der Waals surface area contributed by atoms with Crippen LogP contribution in [0.1, 0.15) is 19.8 Å². The second-order valence-corrected chi connectivity index (χ2v) is 3.96. The Labute approximate surface area is 91.3 Å². The summed E-state index contributed by atoms with van der Waals surface area (Å²) in [6.45, 7) is 1.22. The molecular weight excluding hydrogens is 216 g/mol. The van der Waals surface area contributed by atoms with Gasteiger partial charge in [-0.3, -0.25) is 19.2 Å². The van der Waals surface area contributed by atoms with E-state index in [9.17, 15) is 19.2 Å². The first kappa shape index (κ1) is 12.4. The fourth-order valence-corrected chi connectivity index (χ4v) is 2.15. The van der Waals surface area contributed by atoms with Gasteiger partial charge in [-0.1, -0.05) is 0 Å². The van der Waals surface area contributed by atoms with Gasteiger partial charge in [0, 0.05) is 18.3 Å².